The molecule has 6 nitrogen and oxygen atoms in total. The lowest BCUT2D eigenvalue weighted by atomic mass is 10.2. The Labute approximate surface area is 105 Å². The van der Waals surface area contributed by atoms with Gasteiger partial charge in [-0.3, -0.25) is 14.4 Å². The van der Waals surface area contributed by atoms with E-state index in [0.29, 0.717) is 0 Å². The number of likely N-dealkylation sites (tertiary alicyclic amines) is 1. The van der Waals surface area contributed by atoms with Crippen LogP contribution in [0, 0.1) is 0 Å². The molecule has 0 aromatic rings. The quantitative estimate of drug-likeness (QED) is 0.685. The Bertz CT molecular complexity index is 421. The van der Waals surface area contributed by atoms with Gasteiger partial charge in [-0.25, -0.2) is 0 Å². The summed E-state index contributed by atoms with van der Waals surface area (Å²) in [5, 5.41) is 4.72. The van der Waals surface area contributed by atoms with Crippen molar-refractivity contribution in [2.75, 3.05) is 13.6 Å². The van der Waals surface area contributed by atoms with Gasteiger partial charge in [0.05, 0.1) is 0 Å². The van der Waals surface area contributed by atoms with Gasteiger partial charge in [-0.05, 0) is 19.7 Å². The molecule has 96 valence electrons. The average Bonchev–Trinajstić information content (AvgIpc) is 2.60. The number of nitrogens with one attached hydrogen (secondary N) is 2. The SMILES string of the molecule is [2H][C@@H]1[C@H]([2H])[C@@H]([2H])N(C(=O)C(C)NC(C)=O)[C@H]1C(=O)NC. The highest BCUT2D eigenvalue weighted by atomic mass is 16.2. The van der Waals surface area contributed by atoms with Gasteiger partial charge in [0.25, 0.3) is 0 Å². The van der Waals surface area contributed by atoms with Crippen LogP contribution < -0.4 is 10.6 Å². The summed E-state index contributed by atoms with van der Waals surface area (Å²) in [6.45, 7) is 1.39. The smallest absolute Gasteiger partial charge is 0.245 e. The molecule has 0 aromatic carbocycles. The van der Waals surface area contributed by atoms with Crippen LogP contribution in [0.15, 0.2) is 0 Å². The Morgan fingerprint density at radius 3 is 2.65 bits per heavy atom. The van der Waals surface area contributed by atoms with Crippen LogP contribution in [0.5, 0.6) is 0 Å². The minimum Gasteiger partial charge on any atom is -0.357 e. The zero-order chi connectivity index (χ0) is 15.6. The summed E-state index contributed by atoms with van der Waals surface area (Å²) in [7, 11) is 1.37. The van der Waals surface area contributed by atoms with Crippen LogP contribution in [0.1, 0.15) is 30.8 Å². The third kappa shape index (κ3) is 3.18. The van der Waals surface area contributed by atoms with Gasteiger partial charge in [-0.2, -0.15) is 0 Å². The molecule has 1 fully saturated rings. The van der Waals surface area contributed by atoms with Crippen molar-refractivity contribution in [3.8, 4) is 0 Å². The largest absolute Gasteiger partial charge is 0.357 e. The third-order valence-corrected chi connectivity index (χ3v) is 2.40. The minimum absolute atomic E-state index is 0.409. The van der Waals surface area contributed by atoms with Gasteiger partial charge in [0.2, 0.25) is 17.7 Å². The Morgan fingerprint density at radius 2 is 2.12 bits per heavy atom. The molecule has 0 radical (unpaired) electrons. The van der Waals surface area contributed by atoms with Gasteiger partial charge in [-0.1, -0.05) is 0 Å². The van der Waals surface area contributed by atoms with Crippen LogP contribution in [-0.2, 0) is 14.4 Å². The maximum atomic E-state index is 12.3. The van der Waals surface area contributed by atoms with E-state index < -0.39 is 49.1 Å². The summed E-state index contributed by atoms with van der Waals surface area (Å²) in [6, 6.07) is -2.10. The minimum atomic E-state index is -1.30. The molecule has 1 aliphatic rings. The molecule has 1 saturated heterocycles. The molecule has 0 aromatic heterocycles. The molecule has 1 unspecified atom stereocenters. The summed E-state index contributed by atoms with van der Waals surface area (Å²) in [4.78, 5) is 35.9. The van der Waals surface area contributed by atoms with E-state index in [2.05, 4.69) is 10.6 Å². The van der Waals surface area contributed by atoms with Crippen molar-refractivity contribution < 1.29 is 18.5 Å². The summed E-state index contributed by atoms with van der Waals surface area (Å²) in [5.74, 6) is -1.63. The van der Waals surface area contributed by atoms with E-state index in [0.717, 1.165) is 4.90 Å². The van der Waals surface area contributed by atoms with Gasteiger partial charge in [-0.15, -0.1) is 0 Å². The number of carbonyl (C=O) groups excluding carboxylic acids is 3. The standard InChI is InChI=1S/C11H19N3O3/c1-7(13-8(2)15)11(17)14-6-4-5-9(14)10(16)12-3/h7,9H,4-6H2,1-3H3,(H,12,16)(H,13,15)/t7?,9-/m1/s1/i4D,5D,6D/t4-,5+,6+,7?,9+/m0. The summed E-state index contributed by atoms with van der Waals surface area (Å²) in [5.41, 5.74) is 0. The van der Waals surface area contributed by atoms with E-state index in [-0.39, 0.29) is 0 Å². The second kappa shape index (κ2) is 5.65. The van der Waals surface area contributed by atoms with Crippen molar-refractivity contribution in [3.63, 3.8) is 0 Å². The summed E-state index contributed by atoms with van der Waals surface area (Å²) in [6.07, 6.45) is -2.38. The highest BCUT2D eigenvalue weighted by molar-refractivity contribution is 5.91. The molecular formula is C11H19N3O3. The predicted octanol–water partition coefficient (Wildman–Crippen LogP) is -0.752. The second-order valence-corrected chi connectivity index (χ2v) is 3.76. The number of amides is 3. The molecule has 17 heavy (non-hydrogen) atoms. The average molecular weight is 244 g/mol. The zero-order valence-electron chi connectivity index (χ0n) is 13.1. The van der Waals surface area contributed by atoms with Crippen molar-refractivity contribution in [1.29, 1.82) is 0 Å². The van der Waals surface area contributed by atoms with E-state index in [4.69, 9.17) is 4.11 Å². The van der Waals surface area contributed by atoms with Crippen molar-refractivity contribution in [1.82, 2.24) is 15.5 Å². The summed E-state index contributed by atoms with van der Waals surface area (Å²) >= 11 is 0. The van der Waals surface area contributed by atoms with E-state index in [1.165, 1.54) is 20.9 Å². The highest BCUT2D eigenvalue weighted by Crippen LogP contribution is 2.18. The van der Waals surface area contributed by atoms with Gasteiger partial charge < -0.3 is 15.5 Å². The first-order valence-electron chi connectivity index (χ1n) is 7.03. The van der Waals surface area contributed by atoms with Gasteiger partial charge in [0.1, 0.15) is 12.1 Å². The fourth-order valence-electron chi connectivity index (χ4n) is 1.60. The maximum Gasteiger partial charge on any atom is 0.245 e. The first-order chi connectivity index (χ1) is 9.22. The molecule has 0 spiro atoms. The fourth-order valence-corrected chi connectivity index (χ4v) is 1.60. The molecule has 1 rings (SSSR count). The number of nitrogens with zero attached hydrogens (tertiary/aromatic N) is 1. The van der Waals surface area contributed by atoms with Gasteiger partial charge in [0, 0.05) is 24.6 Å². The Kier molecular flexibility index (Phi) is 3.14. The van der Waals surface area contributed by atoms with Crippen LogP contribution >= 0.6 is 0 Å². The lowest BCUT2D eigenvalue weighted by Gasteiger charge is -2.26. The normalized spacial score (nSPS) is 36.4. The third-order valence-electron chi connectivity index (χ3n) is 2.40. The number of likely N-dealkylation sites (N-methyl/N-ethyl adjacent to an activating group) is 1. The van der Waals surface area contributed by atoms with Crippen molar-refractivity contribution in [2.45, 2.75) is 38.7 Å². The lowest BCUT2D eigenvalue weighted by Crippen LogP contribution is -2.51. The van der Waals surface area contributed by atoms with Crippen molar-refractivity contribution >= 4 is 17.7 Å². The molecule has 0 aliphatic carbocycles. The fraction of sp³-hybridized carbons (Fsp3) is 0.727. The van der Waals surface area contributed by atoms with Crippen LogP contribution in [0.4, 0.5) is 0 Å². The molecule has 6 heteroatoms. The number of carbonyl (C=O) groups is 3. The Morgan fingerprint density at radius 1 is 1.47 bits per heavy atom. The lowest BCUT2D eigenvalue weighted by molar-refractivity contribution is -0.140. The monoisotopic (exact) mass is 244 g/mol. The molecule has 3 amide bonds. The molecule has 2 N–H and O–H groups in total. The predicted molar refractivity (Wildman–Crippen MR) is 62.1 cm³/mol. The van der Waals surface area contributed by atoms with E-state index in [1.807, 2.05) is 0 Å². The van der Waals surface area contributed by atoms with E-state index in [9.17, 15) is 14.4 Å². The first-order valence-corrected chi connectivity index (χ1v) is 5.30. The van der Waals surface area contributed by atoms with Crippen molar-refractivity contribution in [2.24, 2.45) is 0 Å². The van der Waals surface area contributed by atoms with Crippen molar-refractivity contribution in [3.05, 3.63) is 0 Å². The highest BCUT2D eigenvalue weighted by Gasteiger charge is 2.35. The van der Waals surface area contributed by atoms with Gasteiger partial charge in [0.15, 0.2) is 0 Å². The molecule has 1 aliphatic heterocycles. The molecular weight excluding hydrogens is 222 g/mol. The first kappa shape index (κ1) is 9.44. The van der Waals surface area contributed by atoms with Crippen LogP contribution in [0.2, 0.25) is 0 Å². The Hall–Kier alpha value is -1.59. The van der Waals surface area contributed by atoms with E-state index in [1.54, 1.807) is 0 Å². The maximum absolute atomic E-state index is 12.3. The topological polar surface area (TPSA) is 78.5 Å². The molecule has 1 heterocycles. The number of hydrogen-bond acceptors (Lipinski definition) is 3. The van der Waals surface area contributed by atoms with Crippen LogP contribution in [0.25, 0.3) is 0 Å². The second-order valence-electron chi connectivity index (χ2n) is 3.76. The van der Waals surface area contributed by atoms with Crippen LogP contribution in [-0.4, -0.2) is 48.3 Å². The van der Waals surface area contributed by atoms with Gasteiger partial charge >= 0.3 is 0 Å². The summed E-state index contributed by atoms with van der Waals surface area (Å²) < 4.78 is 23.4. The molecule has 0 saturated carbocycles. The van der Waals surface area contributed by atoms with E-state index >= 15 is 0 Å². The molecule has 5 atom stereocenters. The molecule has 0 bridgehead atoms. The number of rotatable bonds is 3. The van der Waals surface area contributed by atoms with Crippen LogP contribution in [0.3, 0.4) is 0 Å². The Balaban J connectivity index is 3.01. The zero-order valence-corrected chi connectivity index (χ0v) is 10.1. The number of hydrogen-bond donors (Lipinski definition) is 2.